The number of hydrogen-bond acceptors (Lipinski definition) is 1. The van der Waals surface area contributed by atoms with E-state index in [-0.39, 0.29) is 5.82 Å². The molecule has 0 heterocycles. The van der Waals surface area contributed by atoms with Crippen molar-refractivity contribution in [2.45, 2.75) is 12.8 Å². The smallest absolute Gasteiger partial charge is 0.123 e. The van der Waals surface area contributed by atoms with Gasteiger partial charge in [-0.25, -0.2) is 4.39 Å². The third-order valence-electron chi connectivity index (χ3n) is 2.80. The van der Waals surface area contributed by atoms with Gasteiger partial charge in [0.2, 0.25) is 0 Å². The maximum absolute atomic E-state index is 12.8. The third kappa shape index (κ3) is 3.14. The van der Waals surface area contributed by atoms with Crippen molar-refractivity contribution in [2.24, 2.45) is 5.73 Å². The predicted octanol–water partition coefficient (Wildman–Crippen LogP) is 3.38. The lowest BCUT2D eigenvalue weighted by Gasteiger charge is -2.04. The van der Waals surface area contributed by atoms with Crippen LogP contribution in [0.1, 0.15) is 12.0 Å². The number of halogens is 1. The summed E-state index contributed by atoms with van der Waals surface area (Å²) in [6, 6.07) is 14.9. The van der Waals surface area contributed by atoms with Gasteiger partial charge in [-0.3, -0.25) is 0 Å². The monoisotopic (exact) mass is 229 g/mol. The molecule has 2 rings (SSSR count). The average Bonchev–Trinajstić information content (AvgIpc) is 2.38. The van der Waals surface area contributed by atoms with Crippen LogP contribution in [0.4, 0.5) is 4.39 Å². The third-order valence-corrected chi connectivity index (χ3v) is 2.80. The number of rotatable bonds is 4. The van der Waals surface area contributed by atoms with Crippen molar-refractivity contribution in [1.82, 2.24) is 0 Å². The molecule has 1 nitrogen and oxygen atoms in total. The summed E-state index contributed by atoms with van der Waals surface area (Å²) in [7, 11) is 0. The lowest BCUT2D eigenvalue weighted by molar-refractivity contribution is 0.628. The Morgan fingerprint density at radius 1 is 0.824 bits per heavy atom. The fraction of sp³-hybridized carbons (Fsp3) is 0.200. The van der Waals surface area contributed by atoms with Gasteiger partial charge in [-0.2, -0.15) is 0 Å². The van der Waals surface area contributed by atoms with E-state index in [0.29, 0.717) is 0 Å². The molecule has 0 bridgehead atoms. The number of hydrogen-bond donors (Lipinski definition) is 1. The van der Waals surface area contributed by atoms with Gasteiger partial charge in [0.15, 0.2) is 0 Å². The molecule has 0 unspecified atom stereocenters. The molecule has 0 aliphatic rings. The van der Waals surface area contributed by atoms with Gasteiger partial charge in [-0.1, -0.05) is 36.4 Å². The summed E-state index contributed by atoms with van der Waals surface area (Å²) >= 11 is 0. The first kappa shape index (κ1) is 11.8. The van der Waals surface area contributed by atoms with Crippen molar-refractivity contribution >= 4 is 0 Å². The fourth-order valence-electron chi connectivity index (χ4n) is 1.81. The average molecular weight is 229 g/mol. The molecule has 0 amide bonds. The van der Waals surface area contributed by atoms with E-state index in [2.05, 4.69) is 24.3 Å². The molecular weight excluding hydrogens is 213 g/mol. The van der Waals surface area contributed by atoms with Crippen LogP contribution in [0.15, 0.2) is 48.5 Å². The van der Waals surface area contributed by atoms with Crippen molar-refractivity contribution in [1.29, 1.82) is 0 Å². The van der Waals surface area contributed by atoms with Crippen LogP contribution in [0, 0.1) is 5.82 Å². The van der Waals surface area contributed by atoms with Gasteiger partial charge < -0.3 is 5.73 Å². The molecule has 0 radical (unpaired) electrons. The van der Waals surface area contributed by atoms with Gasteiger partial charge >= 0.3 is 0 Å². The van der Waals surface area contributed by atoms with E-state index in [1.54, 1.807) is 12.1 Å². The van der Waals surface area contributed by atoms with E-state index in [4.69, 9.17) is 5.73 Å². The summed E-state index contributed by atoms with van der Waals surface area (Å²) in [5, 5.41) is 0. The standard InChI is InChI=1S/C15H16FN/c16-15-9-7-14(8-10-15)13-5-3-12(4-6-13)2-1-11-17/h3-10H,1-2,11,17H2. The summed E-state index contributed by atoms with van der Waals surface area (Å²) in [6.45, 7) is 0.722. The summed E-state index contributed by atoms with van der Waals surface area (Å²) < 4.78 is 12.8. The first-order valence-corrected chi connectivity index (χ1v) is 5.84. The molecule has 2 N–H and O–H groups in total. The van der Waals surface area contributed by atoms with Crippen LogP contribution in [-0.2, 0) is 6.42 Å². The first-order chi connectivity index (χ1) is 8.29. The Labute approximate surface area is 101 Å². The molecule has 0 atom stereocenters. The zero-order valence-electron chi connectivity index (χ0n) is 9.70. The van der Waals surface area contributed by atoms with Crippen molar-refractivity contribution in [2.75, 3.05) is 6.54 Å². The number of aryl methyl sites for hydroxylation is 1. The summed E-state index contributed by atoms with van der Waals surface area (Å²) in [4.78, 5) is 0. The molecule has 17 heavy (non-hydrogen) atoms. The molecule has 0 aliphatic carbocycles. The van der Waals surface area contributed by atoms with Crippen LogP contribution < -0.4 is 5.73 Å². The Balaban J connectivity index is 2.14. The molecule has 2 aromatic rings. The highest BCUT2D eigenvalue weighted by atomic mass is 19.1. The summed E-state index contributed by atoms with van der Waals surface area (Å²) in [5.74, 6) is -0.201. The van der Waals surface area contributed by atoms with E-state index in [1.165, 1.54) is 17.7 Å². The van der Waals surface area contributed by atoms with Gasteiger partial charge in [-0.15, -0.1) is 0 Å². The van der Waals surface area contributed by atoms with Crippen LogP contribution in [0.3, 0.4) is 0 Å². The lowest BCUT2D eigenvalue weighted by Crippen LogP contribution is -2.00. The molecule has 0 saturated heterocycles. The minimum atomic E-state index is -0.201. The summed E-state index contributed by atoms with van der Waals surface area (Å²) in [5.41, 5.74) is 8.92. The Kier molecular flexibility index (Phi) is 3.89. The van der Waals surface area contributed by atoms with E-state index in [1.807, 2.05) is 0 Å². The highest BCUT2D eigenvalue weighted by molar-refractivity contribution is 5.63. The molecule has 0 aliphatic heterocycles. The Bertz CT molecular complexity index is 459. The Morgan fingerprint density at radius 3 is 1.88 bits per heavy atom. The van der Waals surface area contributed by atoms with Gasteiger partial charge in [0, 0.05) is 0 Å². The molecule has 0 aromatic heterocycles. The van der Waals surface area contributed by atoms with Gasteiger partial charge in [0.05, 0.1) is 0 Å². The molecule has 2 aromatic carbocycles. The minimum absolute atomic E-state index is 0.201. The Hall–Kier alpha value is -1.67. The van der Waals surface area contributed by atoms with E-state index >= 15 is 0 Å². The topological polar surface area (TPSA) is 26.0 Å². The Morgan fingerprint density at radius 2 is 1.35 bits per heavy atom. The molecule has 0 spiro atoms. The second-order valence-corrected chi connectivity index (χ2v) is 4.10. The van der Waals surface area contributed by atoms with Crippen molar-refractivity contribution in [3.8, 4) is 11.1 Å². The SMILES string of the molecule is NCCCc1ccc(-c2ccc(F)cc2)cc1. The minimum Gasteiger partial charge on any atom is -0.330 e. The van der Waals surface area contributed by atoms with Gasteiger partial charge in [-0.05, 0) is 48.2 Å². The quantitative estimate of drug-likeness (QED) is 0.854. The normalized spacial score (nSPS) is 10.5. The van der Waals surface area contributed by atoms with Crippen molar-refractivity contribution in [3.05, 3.63) is 59.9 Å². The molecule has 88 valence electrons. The van der Waals surface area contributed by atoms with Crippen molar-refractivity contribution in [3.63, 3.8) is 0 Å². The van der Waals surface area contributed by atoms with Gasteiger partial charge in [0.1, 0.15) is 5.82 Å². The number of nitrogens with two attached hydrogens (primary N) is 1. The maximum atomic E-state index is 12.8. The van der Waals surface area contributed by atoms with Crippen LogP contribution in [0.25, 0.3) is 11.1 Å². The molecule has 2 heteroatoms. The molecule has 0 fully saturated rings. The predicted molar refractivity (Wildman–Crippen MR) is 69.2 cm³/mol. The fourth-order valence-corrected chi connectivity index (χ4v) is 1.81. The second-order valence-electron chi connectivity index (χ2n) is 4.10. The summed E-state index contributed by atoms with van der Waals surface area (Å²) in [6.07, 6.45) is 2.02. The van der Waals surface area contributed by atoms with E-state index < -0.39 is 0 Å². The van der Waals surface area contributed by atoms with Gasteiger partial charge in [0.25, 0.3) is 0 Å². The van der Waals surface area contributed by atoms with E-state index in [9.17, 15) is 4.39 Å². The van der Waals surface area contributed by atoms with Crippen LogP contribution in [0.5, 0.6) is 0 Å². The highest BCUT2D eigenvalue weighted by Gasteiger charge is 1.98. The zero-order valence-corrected chi connectivity index (χ0v) is 9.70. The van der Waals surface area contributed by atoms with Crippen LogP contribution >= 0.6 is 0 Å². The number of benzene rings is 2. The van der Waals surface area contributed by atoms with Crippen molar-refractivity contribution < 1.29 is 4.39 Å². The second kappa shape index (κ2) is 5.60. The molecule has 0 saturated carbocycles. The van der Waals surface area contributed by atoms with E-state index in [0.717, 1.165) is 30.5 Å². The zero-order chi connectivity index (χ0) is 12.1. The van der Waals surface area contributed by atoms with Crippen LogP contribution in [0.2, 0.25) is 0 Å². The largest absolute Gasteiger partial charge is 0.330 e. The van der Waals surface area contributed by atoms with Crippen LogP contribution in [-0.4, -0.2) is 6.54 Å². The first-order valence-electron chi connectivity index (χ1n) is 5.84. The lowest BCUT2D eigenvalue weighted by atomic mass is 10.0. The molecular formula is C15H16FN. The maximum Gasteiger partial charge on any atom is 0.123 e. The highest BCUT2D eigenvalue weighted by Crippen LogP contribution is 2.20.